The van der Waals surface area contributed by atoms with Crippen LogP contribution in [0.5, 0.6) is 5.75 Å². The van der Waals surface area contributed by atoms with Crippen LogP contribution < -0.4 is 10.1 Å². The first-order chi connectivity index (χ1) is 14.7. The molecule has 0 radical (unpaired) electrons. The summed E-state index contributed by atoms with van der Waals surface area (Å²) >= 11 is 0. The Labute approximate surface area is 179 Å². The maximum Gasteiger partial charge on any atom is 0.357 e. The molecular weight excluding hydrogens is 398 g/mol. The van der Waals surface area contributed by atoms with Crippen molar-refractivity contribution in [3.8, 4) is 11.8 Å². The van der Waals surface area contributed by atoms with E-state index >= 15 is 0 Å². The number of para-hydroxylation sites is 1. The highest BCUT2D eigenvalue weighted by Crippen LogP contribution is 2.47. The molecule has 2 aliphatic rings. The quantitative estimate of drug-likeness (QED) is 0.690. The van der Waals surface area contributed by atoms with Gasteiger partial charge in [-0.05, 0) is 51.1 Å². The van der Waals surface area contributed by atoms with Crippen molar-refractivity contribution < 1.29 is 24.5 Å². The predicted octanol–water partition coefficient (Wildman–Crippen LogP) is 3.18. The molecule has 3 N–H and O–H groups in total. The van der Waals surface area contributed by atoms with Gasteiger partial charge in [-0.15, -0.1) is 0 Å². The average molecular weight is 421 g/mol. The number of carboxylic acid groups (broad SMARTS) is 1. The summed E-state index contributed by atoms with van der Waals surface area (Å²) in [6, 6.07) is 15.3. The van der Waals surface area contributed by atoms with E-state index in [-0.39, 0.29) is 11.6 Å². The van der Waals surface area contributed by atoms with Gasteiger partial charge in [0, 0.05) is 11.3 Å². The first kappa shape index (κ1) is 20.6. The van der Waals surface area contributed by atoms with Crippen molar-refractivity contribution in [2.45, 2.75) is 44.7 Å². The van der Waals surface area contributed by atoms with Gasteiger partial charge >= 0.3 is 5.97 Å². The SMILES string of the molecule is CC1OC(Nc2ccccc2)=C(C(=O)O)N1C1c2cc(C#N)ccc2OC(C)(C)C1O. The summed E-state index contributed by atoms with van der Waals surface area (Å²) < 4.78 is 11.9. The second-order valence-corrected chi connectivity index (χ2v) is 8.06. The van der Waals surface area contributed by atoms with Gasteiger partial charge in [-0.3, -0.25) is 0 Å². The fourth-order valence-electron chi connectivity index (χ4n) is 4.03. The van der Waals surface area contributed by atoms with Crippen molar-refractivity contribution in [1.29, 1.82) is 5.26 Å². The summed E-state index contributed by atoms with van der Waals surface area (Å²) in [5.74, 6) is -0.626. The van der Waals surface area contributed by atoms with Crippen molar-refractivity contribution in [2.24, 2.45) is 0 Å². The first-order valence-corrected chi connectivity index (χ1v) is 9.88. The van der Waals surface area contributed by atoms with Crippen LogP contribution in [0.25, 0.3) is 0 Å². The molecule has 0 amide bonds. The van der Waals surface area contributed by atoms with Gasteiger partial charge in [0.25, 0.3) is 0 Å². The van der Waals surface area contributed by atoms with E-state index in [2.05, 4.69) is 11.4 Å². The molecule has 3 atom stereocenters. The molecule has 4 rings (SSSR count). The van der Waals surface area contributed by atoms with Crippen molar-refractivity contribution in [3.05, 3.63) is 71.2 Å². The number of aliphatic hydroxyl groups excluding tert-OH is 1. The van der Waals surface area contributed by atoms with Crippen LogP contribution in [0.15, 0.2) is 60.1 Å². The Balaban J connectivity index is 1.84. The van der Waals surface area contributed by atoms with Gasteiger partial charge in [-0.25, -0.2) is 4.79 Å². The maximum atomic E-state index is 12.3. The third-order valence-electron chi connectivity index (χ3n) is 5.53. The van der Waals surface area contributed by atoms with E-state index in [4.69, 9.17) is 9.47 Å². The second-order valence-electron chi connectivity index (χ2n) is 8.06. The monoisotopic (exact) mass is 421 g/mol. The summed E-state index contributed by atoms with van der Waals surface area (Å²) in [7, 11) is 0. The number of hydrogen-bond acceptors (Lipinski definition) is 7. The number of aliphatic hydroxyl groups is 1. The number of nitrogens with zero attached hydrogens (tertiary/aromatic N) is 2. The van der Waals surface area contributed by atoms with E-state index < -0.39 is 29.9 Å². The van der Waals surface area contributed by atoms with Crippen molar-refractivity contribution >= 4 is 11.7 Å². The van der Waals surface area contributed by atoms with Gasteiger partial charge in [0.15, 0.2) is 11.9 Å². The van der Waals surface area contributed by atoms with E-state index in [9.17, 15) is 20.3 Å². The van der Waals surface area contributed by atoms with Crippen LogP contribution >= 0.6 is 0 Å². The number of fused-ring (bicyclic) bond motifs is 1. The topological polar surface area (TPSA) is 115 Å². The summed E-state index contributed by atoms with van der Waals surface area (Å²) in [6.07, 6.45) is -1.78. The van der Waals surface area contributed by atoms with Crippen LogP contribution in [0.2, 0.25) is 0 Å². The van der Waals surface area contributed by atoms with Gasteiger partial charge in [-0.1, -0.05) is 18.2 Å². The van der Waals surface area contributed by atoms with Gasteiger partial charge < -0.3 is 29.9 Å². The standard InChI is InChI=1S/C23H23N3O5/c1-13-26(19(22(28)29)21(30-13)25-15-7-5-4-6-8-15)18-16-11-14(12-24)9-10-17(16)31-23(2,3)20(18)27/h4-11,13,18,20,25,27H,1-3H3,(H,28,29). The molecule has 0 bridgehead atoms. The number of benzene rings is 2. The predicted molar refractivity (Wildman–Crippen MR) is 112 cm³/mol. The highest BCUT2D eigenvalue weighted by Gasteiger charge is 2.51. The zero-order valence-corrected chi connectivity index (χ0v) is 17.4. The highest BCUT2D eigenvalue weighted by molar-refractivity contribution is 5.88. The third kappa shape index (κ3) is 3.53. The zero-order valence-electron chi connectivity index (χ0n) is 17.4. The van der Waals surface area contributed by atoms with Crippen LogP contribution in [-0.2, 0) is 9.53 Å². The minimum absolute atomic E-state index is 0.0840. The third-order valence-corrected chi connectivity index (χ3v) is 5.53. The van der Waals surface area contributed by atoms with Crippen molar-refractivity contribution in [1.82, 2.24) is 4.90 Å². The molecule has 2 aliphatic heterocycles. The summed E-state index contributed by atoms with van der Waals surface area (Å²) in [6.45, 7) is 5.19. The minimum Gasteiger partial charge on any atom is -0.485 e. The molecule has 2 heterocycles. The molecule has 0 aliphatic carbocycles. The Morgan fingerprint density at radius 2 is 1.94 bits per heavy atom. The van der Waals surface area contributed by atoms with Gasteiger partial charge in [-0.2, -0.15) is 5.26 Å². The number of ether oxygens (including phenoxy) is 2. The van der Waals surface area contributed by atoms with Crippen LogP contribution in [0, 0.1) is 11.3 Å². The Hall–Kier alpha value is -3.70. The molecule has 3 unspecified atom stereocenters. The number of rotatable bonds is 4. The van der Waals surface area contributed by atoms with Gasteiger partial charge in [0.05, 0.1) is 17.7 Å². The molecule has 0 spiro atoms. The normalized spacial score (nSPS) is 24.0. The zero-order chi connectivity index (χ0) is 22.3. The number of hydrogen-bond donors (Lipinski definition) is 3. The fourth-order valence-corrected chi connectivity index (χ4v) is 4.03. The molecule has 0 saturated heterocycles. The number of carboxylic acids is 1. The number of anilines is 1. The highest BCUT2D eigenvalue weighted by atomic mass is 16.5. The lowest BCUT2D eigenvalue weighted by atomic mass is 9.84. The number of nitriles is 1. The fraction of sp³-hybridized carbons (Fsp3) is 0.304. The lowest BCUT2D eigenvalue weighted by Crippen LogP contribution is -2.54. The van der Waals surface area contributed by atoms with E-state index in [1.807, 2.05) is 18.2 Å². The van der Waals surface area contributed by atoms with E-state index in [0.29, 0.717) is 22.6 Å². The minimum atomic E-state index is -1.20. The average Bonchev–Trinajstić information content (AvgIpc) is 3.05. The molecule has 160 valence electrons. The molecule has 0 fully saturated rings. The Morgan fingerprint density at radius 3 is 2.58 bits per heavy atom. The Morgan fingerprint density at radius 1 is 1.23 bits per heavy atom. The molecule has 8 heteroatoms. The molecule has 31 heavy (non-hydrogen) atoms. The number of nitrogens with one attached hydrogen (secondary N) is 1. The lowest BCUT2D eigenvalue weighted by Gasteiger charge is -2.46. The van der Waals surface area contributed by atoms with E-state index in [1.54, 1.807) is 51.1 Å². The van der Waals surface area contributed by atoms with Crippen LogP contribution in [-0.4, -0.2) is 39.0 Å². The number of carbonyl (C=O) groups is 1. The molecule has 2 aromatic rings. The molecule has 2 aromatic carbocycles. The number of aliphatic carboxylic acids is 1. The summed E-state index contributed by atoms with van der Waals surface area (Å²) in [4.78, 5) is 13.8. The van der Waals surface area contributed by atoms with Gasteiger partial charge in [0.1, 0.15) is 17.5 Å². The van der Waals surface area contributed by atoms with Crippen LogP contribution in [0.3, 0.4) is 0 Å². The Kier molecular flexibility index (Phi) is 4.99. The lowest BCUT2D eigenvalue weighted by molar-refractivity contribution is -0.139. The first-order valence-electron chi connectivity index (χ1n) is 9.88. The van der Waals surface area contributed by atoms with Gasteiger partial charge in [0.2, 0.25) is 5.88 Å². The van der Waals surface area contributed by atoms with E-state index in [0.717, 1.165) is 0 Å². The summed E-state index contributed by atoms with van der Waals surface area (Å²) in [5.41, 5.74) is 0.485. The van der Waals surface area contributed by atoms with Crippen LogP contribution in [0.4, 0.5) is 5.69 Å². The maximum absolute atomic E-state index is 12.3. The van der Waals surface area contributed by atoms with E-state index in [1.165, 1.54) is 4.90 Å². The largest absolute Gasteiger partial charge is 0.485 e. The van der Waals surface area contributed by atoms with Crippen molar-refractivity contribution in [2.75, 3.05) is 5.32 Å². The molecular formula is C23H23N3O5. The second kappa shape index (κ2) is 7.52. The summed E-state index contributed by atoms with van der Waals surface area (Å²) in [5, 5.41) is 33.7. The molecule has 0 aromatic heterocycles. The smallest absolute Gasteiger partial charge is 0.357 e. The van der Waals surface area contributed by atoms with Crippen LogP contribution in [0.1, 0.15) is 37.9 Å². The van der Waals surface area contributed by atoms with Crippen molar-refractivity contribution in [3.63, 3.8) is 0 Å². The molecule has 0 saturated carbocycles. The Bertz CT molecular complexity index is 1090. The molecule has 8 nitrogen and oxygen atoms in total.